The second-order valence-electron chi connectivity index (χ2n) is 5.26. The first-order chi connectivity index (χ1) is 10.0. The van der Waals surface area contributed by atoms with Crippen LogP contribution in [-0.2, 0) is 19.1 Å². The molecule has 2 saturated heterocycles. The Hall–Kier alpha value is -1.25. The summed E-state index contributed by atoms with van der Waals surface area (Å²) in [5.41, 5.74) is 4.95. The van der Waals surface area contributed by atoms with Crippen molar-refractivity contribution >= 4 is 29.0 Å². The highest BCUT2D eigenvalue weighted by Gasteiger charge is 2.48. The normalized spacial score (nSPS) is 25.2. The summed E-state index contributed by atoms with van der Waals surface area (Å²) in [6.07, 6.45) is 0.915. The molecule has 0 aromatic rings. The Morgan fingerprint density at radius 1 is 1.29 bits per heavy atom. The quantitative estimate of drug-likeness (QED) is 0.652. The number of hydrogen-bond donors (Lipinski definition) is 2. The van der Waals surface area contributed by atoms with Crippen molar-refractivity contribution in [1.29, 1.82) is 0 Å². The number of likely N-dealkylation sites (N-methyl/N-ethyl adjacent to an activating group) is 1. The molecule has 2 rings (SSSR count). The van der Waals surface area contributed by atoms with Crippen LogP contribution in [-0.4, -0.2) is 67.8 Å². The number of carbonyl (C=O) groups is 2. The second kappa shape index (κ2) is 6.67. The maximum absolute atomic E-state index is 13.0. The van der Waals surface area contributed by atoms with Gasteiger partial charge in [0.05, 0.1) is 18.2 Å². The maximum atomic E-state index is 13.0. The van der Waals surface area contributed by atoms with E-state index >= 15 is 0 Å². The predicted molar refractivity (Wildman–Crippen MR) is 79.7 cm³/mol. The van der Waals surface area contributed by atoms with Gasteiger partial charge in [-0.05, 0) is 12.8 Å². The Labute approximate surface area is 129 Å². The molecule has 7 nitrogen and oxygen atoms in total. The van der Waals surface area contributed by atoms with Gasteiger partial charge in [0.2, 0.25) is 11.8 Å². The van der Waals surface area contributed by atoms with Gasteiger partial charge < -0.3 is 25.4 Å². The van der Waals surface area contributed by atoms with E-state index in [1.807, 2.05) is 0 Å². The van der Waals surface area contributed by atoms with Gasteiger partial charge >= 0.3 is 0 Å². The first-order valence-corrected chi connectivity index (χ1v) is 7.42. The second-order valence-corrected chi connectivity index (χ2v) is 5.70. The third-order valence-electron chi connectivity index (χ3n) is 4.17. The number of thiocarbonyl (C=S) groups is 1. The molecule has 0 radical (unpaired) electrons. The van der Waals surface area contributed by atoms with E-state index in [4.69, 9.17) is 27.4 Å². The third-order valence-corrected chi connectivity index (χ3v) is 4.56. The lowest BCUT2D eigenvalue weighted by Crippen LogP contribution is -2.61. The smallest absolute Gasteiger partial charge is 0.244 e. The highest BCUT2D eigenvalue weighted by atomic mass is 32.1. The molecule has 0 aromatic carbocycles. The Morgan fingerprint density at radius 3 is 2.52 bits per heavy atom. The minimum absolute atomic E-state index is 0.179. The number of morpholine rings is 1. The van der Waals surface area contributed by atoms with Crippen LogP contribution in [0.4, 0.5) is 0 Å². The van der Waals surface area contributed by atoms with Gasteiger partial charge in [0.25, 0.3) is 0 Å². The van der Waals surface area contributed by atoms with Gasteiger partial charge in [-0.15, -0.1) is 0 Å². The van der Waals surface area contributed by atoms with Crippen LogP contribution in [0.5, 0.6) is 0 Å². The highest BCUT2D eigenvalue weighted by Crippen LogP contribution is 2.34. The number of rotatable bonds is 3. The highest BCUT2D eigenvalue weighted by molar-refractivity contribution is 7.80. The Morgan fingerprint density at radius 2 is 1.95 bits per heavy atom. The van der Waals surface area contributed by atoms with Crippen molar-refractivity contribution in [3.63, 3.8) is 0 Å². The molecule has 0 aliphatic carbocycles. The number of nitrogens with two attached hydrogens (primary N) is 1. The first-order valence-electron chi connectivity index (χ1n) is 7.01. The summed E-state index contributed by atoms with van der Waals surface area (Å²) < 4.78 is 10.6. The number of amides is 2. The first kappa shape index (κ1) is 16.1. The van der Waals surface area contributed by atoms with E-state index < -0.39 is 11.5 Å². The van der Waals surface area contributed by atoms with Crippen LogP contribution in [0.1, 0.15) is 12.8 Å². The van der Waals surface area contributed by atoms with Crippen molar-refractivity contribution in [2.45, 2.75) is 18.9 Å². The van der Waals surface area contributed by atoms with Crippen LogP contribution < -0.4 is 11.1 Å². The van der Waals surface area contributed by atoms with Gasteiger partial charge in [-0.1, -0.05) is 12.2 Å². The van der Waals surface area contributed by atoms with Gasteiger partial charge in [0, 0.05) is 26.8 Å². The van der Waals surface area contributed by atoms with Crippen LogP contribution >= 0.6 is 12.2 Å². The van der Waals surface area contributed by atoms with E-state index in [1.165, 1.54) is 7.05 Å². The minimum Gasteiger partial charge on any atom is -0.392 e. The molecule has 2 aliphatic heterocycles. The molecule has 2 heterocycles. The Bertz CT molecular complexity index is 437. The molecule has 1 atom stereocenters. The number of nitrogens with zero attached hydrogens (tertiary/aromatic N) is 1. The average molecular weight is 315 g/mol. The molecule has 21 heavy (non-hydrogen) atoms. The average Bonchev–Trinajstić information content (AvgIpc) is 2.53. The topological polar surface area (TPSA) is 93.9 Å². The van der Waals surface area contributed by atoms with E-state index in [0.717, 1.165) is 0 Å². The molecular formula is C13H21N3O4S. The van der Waals surface area contributed by atoms with Gasteiger partial charge in [-0.3, -0.25) is 9.59 Å². The molecule has 0 spiro atoms. The number of nitrogens with one attached hydrogen (secondary N) is 1. The number of ether oxygens (including phenoxy) is 2. The summed E-state index contributed by atoms with van der Waals surface area (Å²) in [5, 5.41) is 2.56. The SMILES string of the molecule is CNC(=O)C1COCCN1C(=O)C1(C(N)=S)CCOCC1. The molecule has 2 amide bonds. The number of hydrogen-bond acceptors (Lipinski definition) is 5. The molecule has 0 aromatic heterocycles. The van der Waals surface area contributed by atoms with Crippen molar-refractivity contribution in [3.05, 3.63) is 0 Å². The van der Waals surface area contributed by atoms with Gasteiger partial charge in [0.1, 0.15) is 11.5 Å². The van der Waals surface area contributed by atoms with E-state index in [0.29, 0.717) is 39.2 Å². The van der Waals surface area contributed by atoms with E-state index in [2.05, 4.69) is 5.32 Å². The van der Waals surface area contributed by atoms with Crippen LogP contribution in [0.3, 0.4) is 0 Å². The fourth-order valence-electron chi connectivity index (χ4n) is 2.79. The van der Waals surface area contributed by atoms with Gasteiger partial charge in [-0.25, -0.2) is 0 Å². The van der Waals surface area contributed by atoms with Crippen molar-refractivity contribution in [1.82, 2.24) is 10.2 Å². The predicted octanol–water partition coefficient (Wildman–Crippen LogP) is -0.957. The lowest BCUT2D eigenvalue weighted by Gasteiger charge is -2.42. The summed E-state index contributed by atoms with van der Waals surface area (Å²) in [6, 6.07) is -0.634. The summed E-state index contributed by atoms with van der Waals surface area (Å²) in [5.74, 6) is -0.427. The monoisotopic (exact) mass is 315 g/mol. The Balaban J connectivity index is 2.25. The summed E-state index contributed by atoms with van der Waals surface area (Å²) in [4.78, 5) is 26.7. The van der Waals surface area contributed by atoms with Crippen LogP contribution in [0.2, 0.25) is 0 Å². The molecule has 1 unspecified atom stereocenters. The fraction of sp³-hybridized carbons (Fsp3) is 0.769. The minimum atomic E-state index is -0.906. The lowest BCUT2D eigenvalue weighted by molar-refractivity contribution is -0.156. The van der Waals surface area contributed by atoms with Crippen molar-refractivity contribution in [2.24, 2.45) is 11.1 Å². The standard InChI is InChI=1S/C13H21N3O4S/c1-15-10(17)9-8-20-7-4-16(9)12(18)13(11(14)21)2-5-19-6-3-13/h9H,2-8H2,1H3,(H2,14,21)(H,15,17). The molecule has 8 heteroatoms. The lowest BCUT2D eigenvalue weighted by atomic mass is 9.78. The third kappa shape index (κ3) is 3.02. The zero-order valence-electron chi connectivity index (χ0n) is 12.1. The zero-order valence-corrected chi connectivity index (χ0v) is 12.9. The van der Waals surface area contributed by atoms with Crippen LogP contribution in [0.25, 0.3) is 0 Å². The van der Waals surface area contributed by atoms with E-state index in [-0.39, 0.29) is 23.4 Å². The van der Waals surface area contributed by atoms with Gasteiger partial charge in [0.15, 0.2) is 0 Å². The van der Waals surface area contributed by atoms with E-state index in [9.17, 15) is 9.59 Å². The molecule has 0 bridgehead atoms. The maximum Gasteiger partial charge on any atom is 0.244 e. The fourth-order valence-corrected chi connectivity index (χ4v) is 3.08. The molecule has 118 valence electrons. The van der Waals surface area contributed by atoms with E-state index in [1.54, 1.807) is 4.90 Å². The molecule has 2 aliphatic rings. The van der Waals surface area contributed by atoms with Crippen LogP contribution in [0.15, 0.2) is 0 Å². The summed E-state index contributed by atoms with van der Waals surface area (Å²) in [6.45, 7) is 1.84. The molecular weight excluding hydrogens is 294 g/mol. The summed E-state index contributed by atoms with van der Waals surface area (Å²) >= 11 is 5.15. The van der Waals surface area contributed by atoms with Crippen molar-refractivity contribution in [2.75, 3.05) is 40.0 Å². The number of carbonyl (C=O) groups excluding carboxylic acids is 2. The van der Waals surface area contributed by atoms with Crippen LogP contribution in [0, 0.1) is 5.41 Å². The van der Waals surface area contributed by atoms with Crippen molar-refractivity contribution in [3.8, 4) is 0 Å². The largest absolute Gasteiger partial charge is 0.392 e. The zero-order chi connectivity index (χ0) is 15.5. The Kier molecular flexibility index (Phi) is 5.13. The summed E-state index contributed by atoms with van der Waals surface area (Å²) in [7, 11) is 1.54. The molecule has 0 saturated carbocycles. The van der Waals surface area contributed by atoms with Crippen molar-refractivity contribution < 1.29 is 19.1 Å². The van der Waals surface area contributed by atoms with Gasteiger partial charge in [-0.2, -0.15) is 0 Å². The molecule has 2 fully saturated rings. The molecule has 3 N–H and O–H groups in total.